The van der Waals surface area contributed by atoms with E-state index < -0.39 is 23.4 Å². The smallest absolute Gasteiger partial charge is 0.303 e. The molecule has 1 aromatic rings. The highest BCUT2D eigenvalue weighted by Crippen LogP contribution is 2.29. The third-order valence-electron chi connectivity index (χ3n) is 2.96. The highest BCUT2D eigenvalue weighted by Gasteiger charge is 2.33. The third-order valence-corrected chi connectivity index (χ3v) is 4.07. The van der Waals surface area contributed by atoms with E-state index in [-0.39, 0.29) is 28.3 Å². The van der Waals surface area contributed by atoms with Gasteiger partial charge in [0.25, 0.3) is 5.91 Å². The Labute approximate surface area is 129 Å². The summed E-state index contributed by atoms with van der Waals surface area (Å²) in [6, 6.07) is 0. The van der Waals surface area contributed by atoms with Crippen molar-refractivity contribution >= 4 is 35.2 Å². The number of aromatic amines is 1. The number of carboxylic acids is 1. The highest BCUT2D eigenvalue weighted by atomic mass is 32.2. The van der Waals surface area contributed by atoms with Gasteiger partial charge in [0.2, 0.25) is 11.6 Å². The first kappa shape index (κ1) is 16.0. The number of amides is 1. The molecule has 0 fully saturated rings. The molecule has 22 heavy (non-hydrogen) atoms. The van der Waals surface area contributed by atoms with E-state index in [0.717, 1.165) is 11.8 Å². The van der Waals surface area contributed by atoms with E-state index in [9.17, 15) is 19.2 Å². The number of nitrogens with zero attached hydrogens (tertiary/aromatic N) is 1. The van der Waals surface area contributed by atoms with Crippen molar-refractivity contribution in [3.8, 4) is 0 Å². The fourth-order valence-corrected chi connectivity index (χ4v) is 2.85. The molecule has 0 aromatic carbocycles. The van der Waals surface area contributed by atoms with E-state index >= 15 is 0 Å². The zero-order chi connectivity index (χ0) is 16.3. The average Bonchev–Trinajstić information content (AvgIpc) is 2.93. The van der Waals surface area contributed by atoms with Crippen molar-refractivity contribution in [2.75, 3.05) is 12.8 Å². The van der Waals surface area contributed by atoms with Gasteiger partial charge in [0.05, 0.1) is 10.5 Å². The Balaban J connectivity index is 2.18. The number of nitrogens with one attached hydrogen (secondary N) is 2. The Morgan fingerprint density at radius 1 is 1.41 bits per heavy atom. The number of carbonyl (C=O) groups excluding carboxylic acids is 3. The maximum absolute atomic E-state index is 12.4. The van der Waals surface area contributed by atoms with Crippen LogP contribution in [-0.4, -0.2) is 51.5 Å². The molecule has 116 valence electrons. The molecule has 0 atom stereocenters. The number of H-pyrrole nitrogens is 1. The van der Waals surface area contributed by atoms with Crippen molar-refractivity contribution in [3.63, 3.8) is 0 Å². The first-order valence-corrected chi connectivity index (χ1v) is 7.40. The van der Waals surface area contributed by atoms with Gasteiger partial charge in [-0.2, -0.15) is 5.10 Å². The number of rotatable bonds is 6. The van der Waals surface area contributed by atoms with E-state index in [0.29, 0.717) is 12.2 Å². The molecule has 0 unspecified atom stereocenters. The van der Waals surface area contributed by atoms with Crippen LogP contribution in [0.1, 0.15) is 44.2 Å². The number of fused-ring (bicyclic) bond motifs is 1. The van der Waals surface area contributed by atoms with Crippen molar-refractivity contribution in [3.05, 3.63) is 27.9 Å². The van der Waals surface area contributed by atoms with Gasteiger partial charge in [0, 0.05) is 19.5 Å². The lowest BCUT2D eigenvalue weighted by atomic mass is 9.99. The predicted octanol–water partition coefficient (Wildman–Crippen LogP) is 0.630. The van der Waals surface area contributed by atoms with E-state index in [2.05, 4.69) is 15.5 Å². The lowest BCUT2D eigenvalue weighted by molar-refractivity contribution is -0.137. The van der Waals surface area contributed by atoms with Crippen molar-refractivity contribution < 1.29 is 24.3 Å². The summed E-state index contributed by atoms with van der Waals surface area (Å²) in [4.78, 5) is 46.7. The maximum Gasteiger partial charge on any atom is 0.303 e. The Morgan fingerprint density at radius 2 is 2.14 bits per heavy atom. The minimum atomic E-state index is -0.917. The summed E-state index contributed by atoms with van der Waals surface area (Å²) in [5.41, 5.74) is -0.154. The molecule has 1 aliphatic carbocycles. The van der Waals surface area contributed by atoms with Crippen LogP contribution in [-0.2, 0) is 4.79 Å². The molecular weight excluding hydrogens is 310 g/mol. The van der Waals surface area contributed by atoms with Crippen molar-refractivity contribution in [1.29, 1.82) is 0 Å². The topological polar surface area (TPSA) is 129 Å². The van der Waals surface area contributed by atoms with Gasteiger partial charge in [-0.15, -0.1) is 11.8 Å². The van der Waals surface area contributed by atoms with Gasteiger partial charge in [-0.1, -0.05) is 0 Å². The van der Waals surface area contributed by atoms with Gasteiger partial charge >= 0.3 is 5.97 Å². The SMILES string of the molecule is CNC(=O)c1[nH]nc2c1C(=O)C(SCCCC(=O)O)=CC2=O. The van der Waals surface area contributed by atoms with E-state index in [1.54, 1.807) is 0 Å². The van der Waals surface area contributed by atoms with Crippen molar-refractivity contribution in [2.45, 2.75) is 12.8 Å². The van der Waals surface area contributed by atoms with E-state index in [4.69, 9.17) is 5.11 Å². The van der Waals surface area contributed by atoms with Gasteiger partial charge in [0.1, 0.15) is 11.4 Å². The number of thioether (sulfide) groups is 1. The van der Waals surface area contributed by atoms with Crippen LogP contribution in [0.2, 0.25) is 0 Å². The monoisotopic (exact) mass is 323 g/mol. The van der Waals surface area contributed by atoms with Crippen LogP contribution in [0.5, 0.6) is 0 Å². The number of hydrogen-bond donors (Lipinski definition) is 3. The fourth-order valence-electron chi connectivity index (χ4n) is 1.92. The summed E-state index contributed by atoms with van der Waals surface area (Å²) in [6.07, 6.45) is 1.53. The zero-order valence-corrected chi connectivity index (χ0v) is 12.5. The molecule has 1 heterocycles. The summed E-state index contributed by atoms with van der Waals surface area (Å²) in [5, 5.41) is 17.1. The van der Waals surface area contributed by atoms with Gasteiger partial charge < -0.3 is 10.4 Å². The summed E-state index contributed by atoms with van der Waals surface area (Å²) in [7, 11) is 1.40. The van der Waals surface area contributed by atoms with Crippen molar-refractivity contribution in [1.82, 2.24) is 15.5 Å². The standard InChI is InChI=1S/C13H13N3O5S/c1-14-13(21)11-9-10(15-16-11)6(17)5-7(12(9)20)22-4-2-3-8(18)19/h5H,2-4H2,1H3,(H,14,21)(H,15,16)(H,18,19). The molecule has 0 saturated heterocycles. The van der Waals surface area contributed by atoms with Gasteiger partial charge in [0.15, 0.2) is 0 Å². The van der Waals surface area contributed by atoms with Gasteiger partial charge in [-0.25, -0.2) is 0 Å². The number of hydrogen-bond acceptors (Lipinski definition) is 6. The number of aliphatic carboxylic acids is 1. The van der Waals surface area contributed by atoms with Crippen LogP contribution in [0.25, 0.3) is 0 Å². The second kappa shape index (κ2) is 6.56. The van der Waals surface area contributed by atoms with Crippen LogP contribution >= 0.6 is 11.8 Å². The van der Waals surface area contributed by atoms with E-state index in [1.165, 1.54) is 13.1 Å². The molecule has 0 spiro atoms. The van der Waals surface area contributed by atoms with Crippen LogP contribution in [0, 0.1) is 0 Å². The molecule has 1 aliphatic rings. The molecule has 2 rings (SSSR count). The first-order valence-electron chi connectivity index (χ1n) is 6.41. The van der Waals surface area contributed by atoms with Gasteiger partial charge in [-0.3, -0.25) is 24.3 Å². The molecule has 0 aliphatic heterocycles. The minimum absolute atomic E-state index is 0.0110. The molecule has 8 nitrogen and oxygen atoms in total. The molecule has 0 saturated carbocycles. The average molecular weight is 323 g/mol. The normalized spacial score (nSPS) is 13.6. The molecule has 0 radical (unpaired) electrons. The third kappa shape index (κ3) is 3.08. The Morgan fingerprint density at radius 3 is 2.77 bits per heavy atom. The number of aromatic nitrogens is 2. The largest absolute Gasteiger partial charge is 0.481 e. The number of ketones is 2. The molecule has 1 amide bonds. The molecule has 1 aromatic heterocycles. The molecule has 0 bridgehead atoms. The van der Waals surface area contributed by atoms with E-state index in [1.807, 2.05) is 0 Å². The van der Waals surface area contributed by atoms with Crippen LogP contribution < -0.4 is 5.32 Å². The lowest BCUT2D eigenvalue weighted by Crippen LogP contribution is -2.23. The molecule has 3 N–H and O–H groups in total. The zero-order valence-electron chi connectivity index (χ0n) is 11.6. The minimum Gasteiger partial charge on any atom is -0.481 e. The highest BCUT2D eigenvalue weighted by molar-refractivity contribution is 8.04. The predicted molar refractivity (Wildman–Crippen MR) is 78.0 cm³/mol. The van der Waals surface area contributed by atoms with Crippen LogP contribution in [0.3, 0.4) is 0 Å². The fraction of sp³-hybridized carbons (Fsp3) is 0.308. The second-order valence-corrected chi connectivity index (χ2v) is 5.59. The summed E-state index contributed by atoms with van der Waals surface area (Å²) in [5.74, 6) is -1.98. The molecule has 9 heteroatoms. The van der Waals surface area contributed by atoms with Crippen LogP contribution in [0.4, 0.5) is 0 Å². The van der Waals surface area contributed by atoms with Crippen molar-refractivity contribution in [2.24, 2.45) is 0 Å². The Hall–Kier alpha value is -2.42. The van der Waals surface area contributed by atoms with Crippen LogP contribution in [0.15, 0.2) is 11.0 Å². The second-order valence-electron chi connectivity index (χ2n) is 4.45. The Kier molecular flexibility index (Phi) is 4.76. The maximum atomic E-state index is 12.4. The lowest BCUT2D eigenvalue weighted by Gasteiger charge is -2.11. The Bertz CT molecular complexity index is 692. The number of carbonyl (C=O) groups is 4. The number of carboxylic acid groups (broad SMARTS) is 1. The quantitative estimate of drug-likeness (QED) is 0.655. The summed E-state index contributed by atoms with van der Waals surface area (Å²) in [6.45, 7) is 0. The number of Topliss-reactive ketones (excluding diaryl/α,β-unsaturated/α-hetero) is 1. The summed E-state index contributed by atoms with van der Waals surface area (Å²) >= 11 is 1.10. The molecular formula is C13H13N3O5S. The summed E-state index contributed by atoms with van der Waals surface area (Å²) < 4.78 is 0. The number of allylic oxidation sites excluding steroid dienone is 2. The first-order chi connectivity index (χ1) is 10.5. The van der Waals surface area contributed by atoms with Gasteiger partial charge in [-0.05, 0) is 12.2 Å².